The van der Waals surface area contributed by atoms with Crippen LogP contribution in [0, 0.1) is 6.92 Å². The van der Waals surface area contributed by atoms with Gasteiger partial charge in [0.15, 0.2) is 11.6 Å². The number of hydrogen-bond donors (Lipinski definition) is 3. The number of amides is 1. The average Bonchev–Trinajstić information content (AvgIpc) is 3.55. The van der Waals surface area contributed by atoms with Gasteiger partial charge in [0.05, 0.1) is 31.5 Å². The Kier molecular flexibility index (Phi) is 5.71. The minimum Gasteiger partial charge on any atom is -0.504 e. The van der Waals surface area contributed by atoms with Crippen LogP contribution in [0.3, 0.4) is 0 Å². The van der Waals surface area contributed by atoms with Crippen LogP contribution in [0.5, 0.6) is 5.75 Å². The van der Waals surface area contributed by atoms with E-state index >= 15 is 0 Å². The lowest BCUT2D eigenvalue weighted by atomic mass is 10.2. The highest BCUT2D eigenvalue weighted by molar-refractivity contribution is 5.99. The number of morpholine rings is 1. The predicted molar refractivity (Wildman–Crippen MR) is 122 cm³/mol. The number of nitrogens with two attached hydrogens (primary N) is 1. The Hall–Kier alpha value is -3.84. The van der Waals surface area contributed by atoms with Gasteiger partial charge in [0.2, 0.25) is 5.82 Å². The SMILES string of the molecule is CCn1nc(C)c(O)c1-c1n[nH]c(-c2nc(C(N)=O)cc3c2cnn3CCN2CCOCC2)n1. The maximum Gasteiger partial charge on any atom is 0.267 e. The molecule has 5 heterocycles. The first-order valence-corrected chi connectivity index (χ1v) is 11.1. The van der Waals surface area contributed by atoms with E-state index in [1.807, 2.05) is 11.6 Å². The zero-order valence-corrected chi connectivity index (χ0v) is 19.0. The number of nitrogens with zero attached hydrogens (tertiary/aromatic N) is 8. The van der Waals surface area contributed by atoms with Crippen molar-refractivity contribution in [3.63, 3.8) is 0 Å². The number of carbonyl (C=O) groups excluding carboxylic acids is 1. The fourth-order valence-corrected chi connectivity index (χ4v) is 4.11. The number of rotatable bonds is 7. The fourth-order valence-electron chi connectivity index (χ4n) is 4.11. The first kappa shape index (κ1) is 22.0. The Morgan fingerprint density at radius 1 is 1.24 bits per heavy atom. The van der Waals surface area contributed by atoms with Gasteiger partial charge in [0.25, 0.3) is 5.91 Å². The van der Waals surface area contributed by atoms with Crippen LogP contribution in [-0.4, -0.2) is 88.5 Å². The third kappa shape index (κ3) is 3.88. The van der Waals surface area contributed by atoms with Crippen LogP contribution in [0.2, 0.25) is 0 Å². The molecule has 0 spiro atoms. The van der Waals surface area contributed by atoms with Gasteiger partial charge >= 0.3 is 0 Å². The standard InChI is InChI=1S/C21H26N10O3/c1-3-30-17(18(32)12(2)28-30)21-25-20(26-27-21)16-13-11-23-31(5-4-29-6-8-34-9-7-29)15(13)10-14(24-16)19(22)33/h10-11,32H,3-9H2,1-2H3,(H2,22,33)(H,25,26,27). The van der Waals surface area contributed by atoms with E-state index in [0.717, 1.165) is 38.4 Å². The Labute approximate surface area is 194 Å². The number of H-pyrrole nitrogens is 1. The lowest BCUT2D eigenvalue weighted by molar-refractivity contribution is 0.0361. The number of pyridine rings is 1. The van der Waals surface area contributed by atoms with Crippen LogP contribution in [0.25, 0.3) is 33.9 Å². The van der Waals surface area contributed by atoms with E-state index in [0.29, 0.717) is 41.4 Å². The van der Waals surface area contributed by atoms with Gasteiger partial charge in [-0.25, -0.2) is 9.97 Å². The molecule has 0 saturated carbocycles. The molecule has 1 aliphatic rings. The van der Waals surface area contributed by atoms with Crippen molar-refractivity contribution >= 4 is 16.8 Å². The van der Waals surface area contributed by atoms with Gasteiger partial charge < -0.3 is 15.6 Å². The van der Waals surface area contributed by atoms with Gasteiger partial charge in [-0.05, 0) is 19.9 Å². The molecule has 178 valence electrons. The summed E-state index contributed by atoms with van der Waals surface area (Å²) in [5.74, 6) is -0.0284. The first-order chi connectivity index (χ1) is 16.5. The van der Waals surface area contributed by atoms with Gasteiger partial charge in [0.1, 0.15) is 22.8 Å². The molecular formula is C21H26N10O3. The van der Waals surface area contributed by atoms with Crippen molar-refractivity contribution in [1.29, 1.82) is 0 Å². The van der Waals surface area contributed by atoms with Crippen LogP contribution in [0.1, 0.15) is 23.1 Å². The van der Waals surface area contributed by atoms with E-state index in [4.69, 9.17) is 10.5 Å². The smallest absolute Gasteiger partial charge is 0.267 e. The molecule has 0 unspecified atom stereocenters. The summed E-state index contributed by atoms with van der Waals surface area (Å²) < 4.78 is 8.87. The summed E-state index contributed by atoms with van der Waals surface area (Å²) in [6.45, 7) is 8.79. The molecule has 4 N–H and O–H groups in total. The van der Waals surface area contributed by atoms with E-state index in [9.17, 15) is 9.90 Å². The van der Waals surface area contributed by atoms with Crippen LogP contribution >= 0.6 is 0 Å². The maximum absolute atomic E-state index is 12.0. The number of aromatic nitrogens is 8. The van der Waals surface area contributed by atoms with Crippen molar-refractivity contribution in [2.45, 2.75) is 26.9 Å². The summed E-state index contributed by atoms with van der Waals surface area (Å²) in [7, 11) is 0. The second-order valence-corrected chi connectivity index (χ2v) is 8.08. The monoisotopic (exact) mass is 466 g/mol. The zero-order chi connectivity index (χ0) is 23.8. The molecule has 34 heavy (non-hydrogen) atoms. The second-order valence-electron chi connectivity index (χ2n) is 8.08. The van der Waals surface area contributed by atoms with E-state index in [1.54, 1.807) is 23.9 Å². The number of fused-ring (bicyclic) bond motifs is 1. The Morgan fingerprint density at radius 3 is 2.76 bits per heavy atom. The van der Waals surface area contributed by atoms with Gasteiger partial charge in [0, 0.05) is 31.6 Å². The minimum atomic E-state index is -0.652. The van der Waals surface area contributed by atoms with Crippen LogP contribution in [-0.2, 0) is 17.8 Å². The molecule has 0 aliphatic carbocycles. The quantitative estimate of drug-likeness (QED) is 0.352. The topological polar surface area (TPSA) is 166 Å². The highest BCUT2D eigenvalue weighted by atomic mass is 16.5. The van der Waals surface area contributed by atoms with Gasteiger partial charge in [-0.3, -0.25) is 24.2 Å². The molecule has 4 aromatic rings. The largest absolute Gasteiger partial charge is 0.504 e. The summed E-state index contributed by atoms with van der Waals surface area (Å²) >= 11 is 0. The molecular weight excluding hydrogens is 440 g/mol. The fraction of sp³-hybridized carbons (Fsp3) is 0.429. The summed E-state index contributed by atoms with van der Waals surface area (Å²) in [5, 5.41) is 27.1. The Balaban J connectivity index is 1.54. The molecule has 5 rings (SSSR count). The molecule has 0 aromatic carbocycles. The maximum atomic E-state index is 12.0. The number of hydrogen-bond acceptors (Lipinski definition) is 9. The lowest BCUT2D eigenvalue weighted by Gasteiger charge is -2.26. The highest BCUT2D eigenvalue weighted by Gasteiger charge is 2.23. The molecule has 1 amide bonds. The zero-order valence-electron chi connectivity index (χ0n) is 19.0. The Morgan fingerprint density at radius 2 is 2.03 bits per heavy atom. The molecule has 1 saturated heterocycles. The number of primary amides is 1. The van der Waals surface area contributed by atoms with Crippen molar-refractivity contribution in [1.82, 2.24) is 44.6 Å². The van der Waals surface area contributed by atoms with E-state index < -0.39 is 5.91 Å². The third-order valence-corrected chi connectivity index (χ3v) is 5.94. The minimum absolute atomic E-state index is 0.0207. The molecule has 1 aliphatic heterocycles. The van der Waals surface area contributed by atoms with E-state index in [2.05, 4.69) is 35.3 Å². The Bertz CT molecular complexity index is 1350. The van der Waals surface area contributed by atoms with E-state index in [1.165, 1.54) is 0 Å². The molecule has 0 atom stereocenters. The van der Waals surface area contributed by atoms with Crippen LogP contribution < -0.4 is 5.73 Å². The summed E-state index contributed by atoms with van der Waals surface area (Å²) in [5.41, 5.74) is 7.70. The van der Waals surface area contributed by atoms with Crippen LogP contribution in [0.4, 0.5) is 0 Å². The van der Waals surface area contributed by atoms with Crippen molar-refractivity contribution in [3.05, 3.63) is 23.7 Å². The number of nitrogens with one attached hydrogen (secondary N) is 1. The molecule has 13 heteroatoms. The molecule has 1 fully saturated rings. The number of aromatic amines is 1. The highest BCUT2D eigenvalue weighted by Crippen LogP contribution is 2.32. The first-order valence-electron chi connectivity index (χ1n) is 11.1. The molecule has 13 nitrogen and oxygen atoms in total. The summed E-state index contributed by atoms with van der Waals surface area (Å²) in [6, 6.07) is 1.64. The van der Waals surface area contributed by atoms with Crippen molar-refractivity contribution in [2.75, 3.05) is 32.8 Å². The summed E-state index contributed by atoms with van der Waals surface area (Å²) in [4.78, 5) is 23.3. The molecule has 4 aromatic heterocycles. The number of aromatic hydroxyl groups is 1. The number of aryl methyl sites for hydroxylation is 2. The van der Waals surface area contributed by atoms with Crippen molar-refractivity contribution < 1.29 is 14.6 Å². The average molecular weight is 467 g/mol. The van der Waals surface area contributed by atoms with Gasteiger partial charge in [-0.15, -0.1) is 0 Å². The lowest BCUT2D eigenvalue weighted by Crippen LogP contribution is -2.38. The summed E-state index contributed by atoms with van der Waals surface area (Å²) in [6.07, 6.45) is 1.70. The normalized spacial score (nSPS) is 14.8. The molecule has 0 radical (unpaired) electrons. The number of ether oxygens (including phenoxy) is 1. The third-order valence-electron chi connectivity index (χ3n) is 5.94. The van der Waals surface area contributed by atoms with Crippen molar-refractivity contribution in [2.24, 2.45) is 5.73 Å². The molecule has 0 bridgehead atoms. The van der Waals surface area contributed by atoms with Gasteiger partial charge in [-0.1, -0.05) is 0 Å². The second kappa shape index (κ2) is 8.83. The van der Waals surface area contributed by atoms with Gasteiger partial charge in [-0.2, -0.15) is 15.3 Å². The van der Waals surface area contributed by atoms with Crippen molar-refractivity contribution in [3.8, 4) is 28.8 Å². The number of carbonyl (C=O) groups is 1. The van der Waals surface area contributed by atoms with Crippen LogP contribution in [0.15, 0.2) is 12.3 Å². The predicted octanol–water partition coefficient (Wildman–Crippen LogP) is 0.545. The van der Waals surface area contributed by atoms with E-state index in [-0.39, 0.29) is 17.3 Å².